The van der Waals surface area contributed by atoms with Crippen molar-refractivity contribution < 1.29 is 0 Å². The first kappa shape index (κ1) is 25.6. The largest absolute Gasteiger partial charge is 0.256 e. The maximum Gasteiger partial charge on any atom is 0.164 e. The Hall–Kier alpha value is -6.07. The summed E-state index contributed by atoms with van der Waals surface area (Å²) in [5.41, 5.74) is 6.40. The monoisotopic (exact) mass is 563 g/mol. The quantitative estimate of drug-likeness (QED) is 0.209. The molecular weight excluding hydrogens is 538 g/mol. The molecule has 44 heavy (non-hydrogen) atoms. The highest BCUT2D eigenvalue weighted by molar-refractivity contribution is 5.96. The van der Waals surface area contributed by atoms with Gasteiger partial charge in [-0.1, -0.05) is 109 Å². The van der Waals surface area contributed by atoms with Crippen LogP contribution in [0.3, 0.4) is 0 Å². The summed E-state index contributed by atoms with van der Waals surface area (Å²) in [4.78, 5) is 24.6. The molecule has 0 radical (unpaired) electrons. The number of rotatable bonds is 5. The first-order valence-electron chi connectivity index (χ1n) is 14.5. The molecule has 0 atom stereocenters. The molecule has 0 unspecified atom stereocenters. The molecule has 5 aromatic carbocycles. The molecule has 0 fully saturated rings. The SMILES string of the molecule is c1ccc(-c2nc(-c3ccccc3)nc(-c3cc(-c4cc5ccccc5cn4)cc(-c4nccc5ccccc45)c3)n2)cc1. The van der Waals surface area contributed by atoms with E-state index in [9.17, 15) is 0 Å². The van der Waals surface area contributed by atoms with Gasteiger partial charge in [-0.3, -0.25) is 9.97 Å². The Morgan fingerprint density at radius 1 is 0.364 bits per heavy atom. The minimum absolute atomic E-state index is 0.585. The number of hydrogen-bond donors (Lipinski definition) is 0. The van der Waals surface area contributed by atoms with Gasteiger partial charge in [-0.05, 0) is 41.1 Å². The molecule has 0 aliphatic heterocycles. The fourth-order valence-electron chi connectivity index (χ4n) is 5.57. The normalized spacial score (nSPS) is 11.2. The van der Waals surface area contributed by atoms with Crippen molar-refractivity contribution in [2.24, 2.45) is 0 Å². The number of benzene rings is 5. The zero-order chi connectivity index (χ0) is 29.3. The summed E-state index contributed by atoms with van der Waals surface area (Å²) in [6, 6.07) is 47.2. The van der Waals surface area contributed by atoms with Crippen molar-refractivity contribution in [3.63, 3.8) is 0 Å². The number of aromatic nitrogens is 5. The van der Waals surface area contributed by atoms with Crippen molar-refractivity contribution in [1.82, 2.24) is 24.9 Å². The second-order valence-electron chi connectivity index (χ2n) is 10.6. The molecule has 0 saturated carbocycles. The molecule has 0 aliphatic rings. The molecule has 0 saturated heterocycles. The number of nitrogens with zero attached hydrogens (tertiary/aromatic N) is 5. The number of fused-ring (bicyclic) bond motifs is 2. The Bertz CT molecular complexity index is 2220. The third-order valence-electron chi connectivity index (χ3n) is 7.76. The van der Waals surface area contributed by atoms with Crippen molar-refractivity contribution in [1.29, 1.82) is 0 Å². The minimum atomic E-state index is 0.585. The van der Waals surface area contributed by atoms with E-state index in [1.54, 1.807) is 0 Å². The average molecular weight is 564 g/mol. The van der Waals surface area contributed by atoms with Crippen LogP contribution in [0.4, 0.5) is 0 Å². The Kier molecular flexibility index (Phi) is 6.39. The third-order valence-corrected chi connectivity index (χ3v) is 7.76. The first-order chi connectivity index (χ1) is 21.8. The van der Waals surface area contributed by atoms with Crippen molar-refractivity contribution in [3.05, 3.63) is 152 Å². The van der Waals surface area contributed by atoms with E-state index in [1.165, 1.54) is 0 Å². The van der Waals surface area contributed by atoms with Gasteiger partial charge in [-0.15, -0.1) is 0 Å². The van der Waals surface area contributed by atoms with Crippen molar-refractivity contribution in [2.45, 2.75) is 0 Å². The van der Waals surface area contributed by atoms with Crippen LogP contribution >= 0.6 is 0 Å². The van der Waals surface area contributed by atoms with Crippen LogP contribution in [0, 0.1) is 0 Å². The standard InChI is InChI=1S/C39H25N5/c1-3-12-27(13-4-1)37-42-38(28-14-5-2-6-15-28)44-39(43-37)33-22-31(35-24-29-16-7-8-17-30(29)25-41-35)21-32(23-33)36-34-18-10-9-11-26(34)19-20-40-36/h1-25H. The summed E-state index contributed by atoms with van der Waals surface area (Å²) in [5.74, 6) is 1.82. The van der Waals surface area contributed by atoms with E-state index in [2.05, 4.69) is 54.6 Å². The maximum absolute atomic E-state index is 5.02. The van der Waals surface area contributed by atoms with E-state index in [4.69, 9.17) is 24.9 Å². The van der Waals surface area contributed by atoms with E-state index in [1.807, 2.05) is 97.3 Å². The van der Waals surface area contributed by atoms with Gasteiger partial charge in [-0.25, -0.2) is 15.0 Å². The van der Waals surface area contributed by atoms with E-state index < -0.39 is 0 Å². The van der Waals surface area contributed by atoms with Crippen molar-refractivity contribution in [2.75, 3.05) is 0 Å². The minimum Gasteiger partial charge on any atom is -0.256 e. The molecule has 0 N–H and O–H groups in total. The van der Waals surface area contributed by atoms with Crippen LogP contribution in [0.2, 0.25) is 0 Å². The summed E-state index contributed by atoms with van der Waals surface area (Å²) >= 11 is 0. The zero-order valence-corrected chi connectivity index (χ0v) is 23.7. The van der Waals surface area contributed by atoms with Crippen molar-refractivity contribution >= 4 is 21.5 Å². The lowest BCUT2D eigenvalue weighted by molar-refractivity contribution is 1.07. The van der Waals surface area contributed by atoms with Gasteiger partial charge in [0.05, 0.1) is 11.4 Å². The zero-order valence-electron chi connectivity index (χ0n) is 23.7. The molecule has 0 spiro atoms. The Balaban J connectivity index is 1.39. The predicted molar refractivity (Wildman–Crippen MR) is 178 cm³/mol. The summed E-state index contributed by atoms with van der Waals surface area (Å²) in [7, 11) is 0. The lowest BCUT2D eigenvalue weighted by Gasteiger charge is -2.13. The lowest BCUT2D eigenvalue weighted by Crippen LogP contribution is -2.01. The van der Waals surface area contributed by atoms with E-state index in [-0.39, 0.29) is 0 Å². The average Bonchev–Trinajstić information content (AvgIpc) is 3.11. The summed E-state index contributed by atoms with van der Waals surface area (Å²) in [6.45, 7) is 0. The van der Waals surface area contributed by atoms with E-state index in [0.717, 1.165) is 60.8 Å². The van der Waals surface area contributed by atoms with Crippen LogP contribution in [0.1, 0.15) is 0 Å². The summed E-state index contributed by atoms with van der Waals surface area (Å²) in [5, 5.41) is 4.44. The first-order valence-corrected chi connectivity index (χ1v) is 14.5. The molecule has 206 valence electrons. The van der Waals surface area contributed by atoms with Gasteiger partial charge in [0.2, 0.25) is 0 Å². The summed E-state index contributed by atoms with van der Waals surface area (Å²) in [6.07, 6.45) is 3.79. The molecule has 5 nitrogen and oxygen atoms in total. The number of pyridine rings is 2. The van der Waals surface area contributed by atoms with Crippen LogP contribution in [0.5, 0.6) is 0 Å². The topological polar surface area (TPSA) is 64.5 Å². The highest BCUT2D eigenvalue weighted by Gasteiger charge is 2.16. The molecule has 8 rings (SSSR count). The molecule has 0 bridgehead atoms. The molecule has 0 amide bonds. The Morgan fingerprint density at radius 2 is 0.909 bits per heavy atom. The smallest absolute Gasteiger partial charge is 0.164 e. The molecule has 3 heterocycles. The molecule has 5 heteroatoms. The Morgan fingerprint density at radius 3 is 1.61 bits per heavy atom. The fraction of sp³-hybridized carbons (Fsp3) is 0. The molecule has 0 aliphatic carbocycles. The van der Waals surface area contributed by atoms with Gasteiger partial charge in [0.1, 0.15) is 0 Å². The van der Waals surface area contributed by atoms with Gasteiger partial charge in [0.25, 0.3) is 0 Å². The molecular formula is C39H25N5. The predicted octanol–water partition coefficient (Wildman–Crippen LogP) is 9.30. The number of hydrogen-bond acceptors (Lipinski definition) is 5. The van der Waals surface area contributed by atoms with E-state index in [0.29, 0.717) is 17.5 Å². The fourth-order valence-corrected chi connectivity index (χ4v) is 5.57. The maximum atomic E-state index is 5.02. The van der Waals surface area contributed by atoms with Gasteiger partial charge >= 0.3 is 0 Å². The van der Waals surface area contributed by atoms with Crippen LogP contribution < -0.4 is 0 Å². The van der Waals surface area contributed by atoms with Crippen LogP contribution in [0.15, 0.2) is 152 Å². The van der Waals surface area contributed by atoms with Gasteiger partial charge < -0.3 is 0 Å². The van der Waals surface area contributed by atoms with Crippen molar-refractivity contribution in [3.8, 4) is 56.7 Å². The van der Waals surface area contributed by atoms with Crippen LogP contribution in [-0.4, -0.2) is 24.9 Å². The van der Waals surface area contributed by atoms with E-state index >= 15 is 0 Å². The van der Waals surface area contributed by atoms with Crippen LogP contribution in [0.25, 0.3) is 78.2 Å². The van der Waals surface area contributed by atoms with Crippen LogP contribution in [-0.2, 0) is 0 Å². The summed E-state index contributed by atoms with van der Waals surface area (Å²) < 4.78 is 0. The third kappa shape index (κ3) is 4.86. The van der Waals surface area contributed by atoms with Gasteiger partial charge in [0, 0.05) is 51.0 Å². The van der Waals surface area contributed by atoms with Gasteiger partial charge in [-0.2, -0.15) is 0 Å². The lowest BCUT2D eigenvalue weighted by atomic mass is 9.97. The second-order valence-corrected chi connectivity index (χ2v) is 10.6. The Labute approximate surface area is 254 Å². The second kappa shape index (κ2) is 11.0. The highest BCUT2D eigenvalue weighted by atomic mass is 15.0. The molecule has 8 aromatic rings. The molecule has 3 aromatic heterocycles. The van der Waals surface area contributed by atoms with Gasteiger partial charge in [0.15, 0.2) is 17.5 Å². The highest BCUT2D eigenvalue weighted by Crippen LogP contribution is 2.35.